The highest BCUT2D eigenvalue weighted by Gasteiger charge is 2.31. The van der Waals surface area contributed by atoms with Gasteiger partial charge < -0.3 is 20.7 Å². The number of hydrogen-bond donors (Lipinski definition) is 2. The zero-order valence-corrected chi connectivity index (χ0v) is 13.6. The van der Waals surface area contributed by atoms with E-state index in [4.69, 9.17) is 10.5 Å². The van der Waals surface area contributed by atoms with Gasteiger partial charge in [0, 0.05) is 18.6 Å². The molecule has 2 atom stereocenters. The number of nitrogens with two attached hydrogens (primary N) is 1. The summed E-state index contributed by atoms with van der Waals surface area (Å²) < 4.78 is 5.48. The highest BCUT2D eigenvalue weighted by Crippen LogP contribution is 2.23. The lowest BCUT2D eigenvalue weighted by Crippen LogP contribution is -2.48. The van der Waals surface area contributed by atoms with Gasteiger partial charge in [0.15, 0.2) is 0 Å². The molecule has 1 aliphatic rings. The lowest BCUT2D eigenvalue weighted by molar-refractivity contribution is -0.117. The van der Waals surface area contributed by atoms with Crippen LogP contribution in [0.25, 0.3) is 0 Å². The summed E-state index contributed by atoms with van der Waals surface area (Å²) >= 11 is 0. The summed E-state index contributed by atoms with van der Waals surface area (Å²) in [5.41, 5.74) is 4.66. The monoisotopic (exact) mass is 299 g/mol. The van der Waals surface area contributed by atoms with E-state index in [0.29, 0.717) is 0 Å². The van der Waals surface area contributed by atoms with Gasteiger partial charge in [-0.15, -0.1) is 0 Å². The van der Waals surface area contributed by atoms with Crippen molar-refractivity contribution in [3.8, 4) is 0 Å². The molecule has 6 heteroatoms. The van der Waals surface area contributed by atoms with Gasteiger partial charge in [0.05, 0.1) is 6.54 Å². The van der Waals surface area contributed by atoms with Crippen molar-refractivity contribution in [2.75, 3.05) is 13.1 Å². The van der Waals surface area contributed by atoms with E-state index < -0.39 is 5.60 Å². The number of nitrogens with zero attached hydrogens (tertiary/aromatic N) is 1. The van der Waals surface area contributed by atoms with E-state index in [-0.39, 0.29) is 30.6 Å². The second-order valence-corrected chi connectivity index (χ2v) is 6.81. The molecule has 0 saturated carbocycles. The Morgan fingerprint density at radius 1 is 1.38 bits per heavy atom. The number of likely N-dealkylation sites (tertiary alicyclic amines) is 1. The third-order valence-corrected chi connectivity index (χ3v) is 3.51. The Morgan fingerprint density at radius 3 is 2.62 bits per heavy atom. The van der Waals surface area contributed by atoms with E-state index in [0.717, 1.165) is 32.2 Å². The first kappa shape index (κ1) is 17.8. The molecule has 1 aliphatic heterocycles. The predicted molar refractivity (Wildman–Crippen MR) is 81.9 cm³/mol. The minimum Gasteiger partial charge on any atom is -0.444 e. The molecule has 1 saturated heterocycles. The molecule has 122 valence electrons. The van der Waals surface area contributed by atoms with Crippen molar-refractivity contribution in [1.82, 2.24) is 10.2 Å². The fourth-order valence-corrected chi connectivity index (χ4v) is 2.57. The number of piperidine rings is 1. The number of carbonyl (C=O) groups excluding carboxylic acids is 2. The maximum atomic E-state index is 12.3. The molecular formula is C15H29N3O3. The van der Waals surface area contributed by atoms with Crippen molar-refractivity contribution in [3.05, 3.63) is 0 Å². The zero-order valence-electron chi connectivity index (χ0n) is 13.6. The molecule has 21 heavy (non-hydrogen) atoms. The van der Waals surface area contributed by atoms with Crippen LogP contribution in [0.15, 0.2) is 0 Å². The van der Waals surface area contributed by atoms with Gasteiger partial charge in [-0.05, 0) is 53.4 Å². The minimum atomic E-state index is -0.477. The topological polar surface area (TPSA) is 84.7 Å². The standard InChI is InChI=1S/C15H29N3O3/c1-11(17-10-13(16)19)9-12-7-5-6-8-18(12)14(20)21-15(2,3)4/h11-12,17H,5-10H2,1-4H3,(H2,16,19). The number of primary amides is 1. The third kappa shape index (κ3) is 6.80. The number of amides is 2. The van der Waals surface area contributed by atoms with Crippen LogP contribution in [-0.2, 0) is 9.53 Å². The molecule has 0 aromatic rings. The van der Waals surface area contributed by atoms with Gasteiger partial charge in [0.1, 0.15) is 5.60 Å². The van der Waals surface area contributed by atoms with Crippen molar-refractivity contribution >= 4 is 12.0 Å². The van der Waals surface area contributed by atoms with E-state index >= 15 is 0 Å². The van der Waals surface area contributed by atoms with Crippen LogP contribution in [0.4, 0.5) is 4.79 Å². The average molecular weight is 299 g/mol. The van der Waals surface area contributed by atoms with E-state index in [2.05, 4.69) is 5.32 Å². The minimum absolute atomic E-state index is 0.130. The first-order chi connectivity index (χ1) is 9.69. The Kier molecular flexibility index (Phi) is 6.45. The molecule has 0 bridgehead atoms. The summed E-state index contributed by atoms with van der Waals surface area (Å²) in [7, 11) is 0. The molecule has 0 aromatic heterocycles. The molecule has 6 nitrogen and oxygen atoms in total. The number of hydrogen-bond acceptors (Lipinski definition) is 4. The van der Waals surface area contributed by atoms with Crippen LogP contribution in [0.5, 0.6) is 0 Å². The Bertz CT molecular complexity index is 366. The van der Waals surface area contributed by atoms with Gasteiger partial charge >= 0.3 is 6.09 Å². The van der Waals surface area contributed by atoms with Crippen molar-refractivity contribution < 1.29 is 14.3 Å². The number of rotatable bonds is 5. The molecule has 2 unspecified atom stereocenters. The smallest absolute Gasteiger partial charge is 0.410 e. The van der Waals surface area contributed by atoms with Gasteiger partial charge in [0.25, 0.3) is 0 Å². The quantitative estimate of drug-likeness (QED) is 0.808. The SMILES string of the molecule is CC(CC1CCCCN1C(=O)OC(C)(C)C)NCC(N)=O. The van der Waals surface area contributed by atoms with Crippen molar-refractivity contribution in [2.45, 2.75) is 71.1 Å². The van der Waals surface area contributed by atoms with Gasteiger partial charge in [-0.25, -0.2) is 4.79 Å². The summed E-state index contributed by atoms with van der Waals surface area (Å²) in [5.74, 6) is -0.366. The molecule has 1 rings (SSSR count). The second-order valence-electron chi connectivity index (χ2n) is 6.81. The van der Waals surface area contributed by atoms with Crippen LogP contribution in [0.3, 0.4) is 0 Å². The van der Waals surface area contributed by atoms with Gasteiger partial charge in [-0.2, -0.15) is 0 Å². The molecule has 3 N–H and O–H groups in total. The van der Waals surface area contributed by atoms with E-state index in [1.165, 1.54) is 0 Å². The fraction of sp³-hybridized carbons (Fsp3) is 0.867. The van der Waals surface area contributed by atoms with Gasteiger partial charge in [0.2, 0.25) is 5.91 Å². The Balaban J connectivity index is 2.56. The molecule has 1 fully saturated rings. The summed E-state index contributed by atoms with van der Waals surface area (Å²) in [6, 6.07) is 0.287. The maximum Gasteiger partial charge on any atom is 0.410 e. The van der Waals surface area contributed by atoms with Gasteiger partial charge in [-0.1, -0.05) is 0 Å². The van der Waals surface area contributed by atoms with E-state index in [1.54, 1.807) is 0 Å². The molecule has 0 aromatic carbocycles. The summed E-state index contributed by atoms with van der Waals surface area (Å²) in [6.45, 7) is 8.54. The Labute approximate surface area is 127 Å². The number of carbonyl (C=O) groups is 2. The lowest BCUT2D eigenvalue weighted by atomic mass is 9.97. The van der Waals surface area contributed by atoms with Crippen LogP contribution >= 0.6 is 0 Å². The first-order valence-corrected chi connectivity index (χ1v) is 7.70. The van der Waals surface area contributed by atoms with Crippen molar-refractivity contribution in [2.24, 2.45) is 5.73 Å². The first-order valence-electron chi connectivity index (χ1n) is 7.70. The molecule has 0 aliphatic carbocycles. The summed E-state index contributed by atoms with van der Waals surface area (Å²) in [4.78, 5) is 24.9. The Morgan fingerprint density at radius 2 is 2.05 bits per heavy atom. The lowest BCUT2D eigenvalue weighted by Gasteiger charge is -2.38. The highest BCUT2D eigenvalue weighted by atomic mass is 16.6. The van der Waals surface area contributed by atoms with Crippen LogP contribution in [-0.4, -0.2) is 47.7 Å². The van der Waals surface area contributed by atoms with Gasteiger partial charge in [-0.3, -0.25) is 4.79 Å². The molecular weight excluding hydrogens is 270 g/mol. The fourth-order valence-electron chi connectivity index (χ4n) is 2.57. The van der Waals surface area contributed by atoms with Crippen LogP contribution < -0.4 is 11.1 Å². The van der Waals surface area contributed by atoms with Crippen LogP contribution in [0.2, 0.25) is 0 Å². The van der Waals surface area contributed by atoms with E-state index in [1.807, 2.05) is 32.6 Å². The largest absolute Gasteiger partial charge is 0.444 e. The number of nitrogens with one attached hydrogen (secondary N) is 1. The normalized spacial score (nSPS) is 21.0. The highest BCUT2D eigenvalue weighted by molar-refractivity contribution is 5.75. The van der Waals surface area contributed by atoms with E-state index in [9.17, 15) is 9.59 Å². The maximum absolute atomic E-state index is 12.3. The summed E-state index contributed by atoms with van der Waals surface area (Å²) in [6.07, 6.45) is 3.66. The average Bonchev–Trinajstić information content (AvgIpc) is 2.35. The molecule has 0 radical (unpaired) electrons. The summed E-state index contributed by atoms with van der Waals surface area (Å²) in [5, 5.41) is 3.08. The number of ether oxygens (including phenoxy) is 1. The Hall–Kier alpha value is -1.30. The van der Waals surface area contributed by atoms with Crippen molar-refractivity contribution in [1.29, 1.82) is 0 Å². The van der Waals surface area contributed by atoms with Crippen LogP contribution in [0, 0.1) is 0 Å². The third-order valence-electron chi connectivity index (χ3n) is 3.51. The molecule has 2 amide bonds. The van der Waals surface area contributed by atoms with Crippen molar-refractivity contribution in [3.63, 3.8) is 0 Å². The molecule has 0 spiro atoms. The van der Waals surface area contributed by atoms with Crippen LogP contribution in [0.1, 0.15) is 53.4 Å². The predicted octanol–water partition coefficient (Wildman–Crippen LogP) is 1.63. The second kappa shape index (κ2) is 7.64. The molecule has 1 heterocycles. The zero-order chi connectivity index (χ0) is 16.0.